The molecule has 1 N–H and O–H groups in total. The number of para-hydroxylation sites is 1. The summed E-state index contributed by atoms with van der Waals surface area (Å²) in [6, 6.07) is 11.5. The molecule has 0 radical (unpaired) electrons. The minimum atomic E-state index is -0.596. The van der Waals surface area contributed by atoms with Gasteiger partial charge in [0.2, 0.25) is 5.88 Å². The summed E-state index contributed by atoms with van der Waals surface area (Å²) in [6.07, 6.45) is 1.98. The van der Waals surface area contributed by atoms with Gasteiger partial charge in [-0.25, -0.2) is 4.68 Å². The van der Waals surface area contributed by atoms with Crippen molar-refractivity contribution < 1.29 is 14.3 Å². The Labute approximate surface area is 130 Å². The quantitative estimate of drug-likeness (QED) is 0.755. The third-order valence-electron chi connectivity index (χ3n) is 3.08. The molecule has 2 rings (SSSR count). The number of aromatic nitrogens is 2. The van der Waals surface area contributed by atoms with E-state index < -0.39 is 6.10 Å². The van der Waals surface area contributed by atoms with E-state index in [0.29, 0.717) is 19.0 Å². The molecule has 0 bridgehead atoms. The monoisotopic (exact) mass is 303 g/mol. The van der Waals surface area contributed by atoms with Crippen molar-refractivity contribution in [1.82, 2.24) is 15.1 Å². The molecule has 0 saturated carbocycles. The Morgan fingerprint density at radius 2 is 2.09 bits per heavy atom. The zero-order valence-corrected chi connectivity index (χ0v) is 12.9. The molecule has 0 saturated heterocycles. The Bertz CT molecular complexity index is 583. The molecule has 6 heteroatoms. The summed E-state index contributed by atoms with van der Waals surface area (Å²) < 4.78 is 12.2. The predicted octanol–water partition coefficient (Wildman–Crippen LogP) is 1.79. The number of carbonyl (C=O) groups is 1. The maximum atomic E-state index is 11.9. The molecule has 6 nitrogen and oxygen atoms in total. The Morgan fingerprint density at radius 3 is 2.82 bits per heavy atom. The van der Waals surface area contributed by atoms with E-state index in [4.69, 9.17) is 9.47 Å². The summed E-state index contributed by atoms with van der Waals surface area (Å²) in [5, 5.41) is 7.10. The fourth-order valence-corrected chi connectivity index (χ4v) is 1.90. The molecule has 0 aliphatic carbocycles. The van der Waals surface area contributed by atoms with Crippen LogP contribution in [0.2, 0.25) is 0 Å². The Morgan fingerprint density at radius 1 is 1.32 bits per heavy atom. The van der Waals surface area contributed by atoms with E-state index in [0.717, 1.165) is 12.1 Å². The first kappa shape index (κ1) is 16.0. The fraction of sp³-hybridized carbons (Fsp3) is 0.375. The molecule has 1 aromatic heterocycles. The van der Waals surface area contributed by atoms with Crippen LogP contribution in [-0.4, -0.2) is 42.1 Å². The SMILES string of the molecule is COCCCNC(=O)[C@H](C)Oc1ccn(-c2ccccc2)n1. The Balaban J connectivity index is 1.85. The second-order valence-corrected chi connectivity index (χ2v) is 4.83. The third-order valence-corrected chi connectivity index (χ3v) is 3.08. The molecule has 1 atom stereocenters. The van der Waals surface area contributed by atoms with E-state index in [2.05, 4.69) is 10.4 Å². The molecule has 22 heavy (non-hydrogen) atoms. The number of methoxy groups -OCH3 is 1. The molecule has 1 aromatic carbocycles. The number of rotatable bonds is 8. The van der Waals surface area contributed by atoms with Gasteiger partial charge in [0, 0.05) is 32.5 Å². The highest BCUT2D eigenvalue weighted by molar-refractivity contribution is 5.80. The van der Waals surface area contributed by atoms with Crippen LogP contribution < -0.4 is 10.1 Å². The van der Waals surface area contributed by atoms with Crippen LogP contribution in [0.4, 0.5) is 0 Å². The van der Waals surface area contributed by atoms with Crippen molar-refractivity contribution in [3.05, 3.63) is 42.6 Å². The van der Waals surface area contributed by atoms with E-state index in [9.17, 15) is 4.79 Å². The van der Waals surface area contributed by atoms with Crippen LogP contribution in [-0.2, 0) is 9.53 Å². The third kappa shape index (κ3) is 4.60. The summed E-state index contributed by atoms with van der Waals surface area (Å²) in [6.45, 7) is 2.89. The van der Waals surface area contributed by atoms with Gasteiger partial charge >= 0.3 is 0 Å². The number of nitrogens with zero attached hydrogens (tertiary/aromatic N) is 2. The molecule has 1 heterocycles. The van der Waals surface area contributed by atoms with Crippen LogP contribution in [0.3, 0.4) is 0 Å². The van der Waals surface area contributed by atoms with Crippen LogP contribution in [0.1, 0.15) is 13.3 Å². The summed E-state index contributed by atoms with van der Waals surface area (Å²) in [4.78, 5) is 11.9. The lowest BCUT2D eigenvalue weighted by Gasteiger charge is -2.12. The lowest BCUT2D eigenvalue weighted by molar-refractivity contribution is -0.127. The van der Waals surface area contributed by atoms with Crippen molar-refractivity contribution >= 4 is 5.91 Å². The normalized spacial score (nSPS) is 11.9. The van der Waals surface area contributed by atoms with Crippen molar-refractivity contribution in [2.45, 2.75) is 19.4 Å². The largest absolute Gasteiger partial charge is 0.463 e. The molecular formula is C16H21N3O3. The topological polar surface area (TPSA) is 65.4 Å². The summed E-state index contributed by atoms with van der Waals surface area (Å²) >= 11 is 0. The van der Waals surface area contributed by atoms with Crippen LogP contribution >= 0.6 is 0 Å². The first-order valence-corrected chi connectivity index (χ1v) is 7.25. The first-order valence-electron chi connectivity index (χ1n) is 7.25. The van der Waals surface area contributed by atoms with Crippen LogP contribution in [0.25, 0.3) is 5.69 Å². The van der Waals surface area contributed by atoms with Crippen molar-refractivity contribution in [1.29, 1.82) is 0 Å². The first-order chi connectivity index (χ1) is 10.7. The second-order valence-electron chi connectivity index (χ2n) is 4.83. The molecule has 0 aliphatic rings. The number of carbonyl (C=O) groups excluding carboxylic acids is 1. The lowest BCUT2D eigenvalue weighted by atomic mass is 10.3. The number of amides is 1. The molecule has 2 aromatic rings. The average molecular weight is 303 g/mol. The van der Waals surface area contributed by atoms with E-state index in [-0.39, 0.29) is 5.91 Å². The summed E-state index contributed by atoms with van der Waals surface area (Å²) in [5.74, 6) is 0.258. The van der Waals surface area contributed by atoms with Crippen molar-refractivity contribution in [3.8, 4) is 11.6 Å². The molecule has 0 unspecified atom stereocenters. The van der Waals surface area contributed by atoms with Gasteiger partial charge in [-0.15, -0.1) is 5.10 Å². The zero-order valence-electron chi connectivity index (χ0n) is 12.9. The van der Waals surface area contributed by atoms with Gasteiger partial charge < -0.3 is 14.8 Å². The fourth-order valence-electron chi connectivity index (χ4n) is 1.90. The number of benzene rings is 1. The molecule has 0 fully saturated rings. The Kier molecular flexibility index (Phi) is 5.97. The zero-order chi connectivity index (χ0) is 15.8. The molecule has 0 aliphatic heterocycles. The molecule has 1 amide bonds. The van der Waals surface area contributed by atoms with Gasteiger partial charge in [0.05, 0.1) is 5.69 Å². The van der Waals surface area contributed by atoms with Crippen molar-refractivity contribution in [3.63, 3.8) is 0 Å². The van der Waals surface area contributed by atoms with Gasteiger partial charge in [-0.05, 0) is 25.5 Å². The van der Waals surface area contributed by atoms with Crippen LogP contribution in [0, 0.1) is 0 Å². The van der Waals surface area contributed by atoms with Crippen molar-refractivity contribution in [2.24, 2.45) is 0 Å². The van der Waals surface area contributed by atoms with E-state index >= 15 is 0 Å². The minimum Gasteiger partial charge on any atom is -0.463 e. The van der Waals surface area contributed by atoms with Crippen LogP contribution in [0.15, 0.2) is 42.6 Å². The lowest BCUT2D eigenvalue weighted by Crippen LogP contribution is -2.37. The van der Waals surface area contributed by atoms with Gasteiger partial charge in [0.1, 0.15) is 0 Å². The average Bonchev–Trinajstić information content (AvgIpc) is 3.00. The van der Waals surface area contributed by atoms with E-state index in [1.807, 2.05) is 30.3 Å². The molecule has 0 spiro atoms. The standard InChI is InChI=1S/C16H21N3O3/c1-13(16(20)17-10-6-12-21-2)22-15-9-11-19(18-15)14-7-4-3-5-8-14/h3-5,7-9,11,13H,6,10,12H2,1-2H3,(H,17,20)/t13-/m0/s1. The number of ether oxygens (including phenoxy) is 2. The molecular weight excluding hydrogens is 282 g/mol. The highest BCUT2D eigenvalue weighted by atomic mass is 16.5. The van der Waals surface area contributed by atoms with Gasteiger partial charge in [-0.1, -0.05) is 18.2 Å². The van der Waals surface area contributed by atoms with Crippen LogP contribution in [0.5, 0.6) is 5.88 Å². The Hall–Kier alpha value is -2.34. The highest BCUT2D eigenvalue weighted by Crippen LogP contribution is 2.13. The van der Waals surface area contributed by atoms with Crippen molar-refractivity contribution in [2.75, 3.05) is 20.3 Å². The van der Waals surface area contributed by atoms with Gasteiger partial charge in [0.15, 0.2) is 6.10 Å². The van der Waals surface area contributed by atoms with Gasteiger partial charge in [-0.2, -0.15) is 0 Å². The predicted molar refractivity (Wildman–Crippen MR) is 83.2 cm³/mol. The number of nitrogens with one attached hydrogen (secondary N) is 1. The summed E-state index contributed by atoms with van der Waals surface area (Å²) in [5.41, 5.74) is 0.939. The van der Waals surface area contributed by atoms with Gasteiger partial charge in [0.25, 0.3) is 5.91 Å². The smallest absolute Gasteiger partial charge is 0.260 e. The maximum absolute atomic E-state index is 11.9. The summed E-state index contributed by atoms with van der Waals surface area (Å²) in [7, 11) is 1.64. The maximum Gasteiger partial charge on any atom is 0.260 e. The number of hydrogen-bond acceptors (Lipinski definition) is 4. The van der Waals surface area contributed by atoms with E-state index in [1.54, 1.807) is 31.0 Å². The van der Waals surface area contributed by atoms with Gasteiger partial charge in [-0.3, -0.25) is 4.79 Å². The highest BCUT2D eigenvalue weighted by Gasteiger charge is 2.15. The molecule has 118 valence electrons. The second kappa shape index (κ2) is 8.19. The number of hydrogen-bond donors (Lipinski definition) is 1. The minimum absolute atomic E-state index is 0.162. The van der Waals surface area contributed by atoms with E-state index in [1.165, 1.54) is 0 Å².